The van der Waals surface area contributed by atoms with E-state index >= 15 is 0 Å². The summed E-state index contributed by atoms with van der Waals surface area (Å²) in [6.07, 6.45) is 5.31. The van der Waals surface area contributed by atoms with Crippen LogP contribution < -0.4 is 0 Å². The van der Waals surface area contributed by atoms with Crippen LogP contribution >= 0.6 is 0 Å². The lowest BCUT2D eigenvalue weighted by Crippen LogP contribution is -2.59. The van der Waals surface area contributed by atoms with Gasteiger partial charge < -0.3 is 4.74 Å². The molecule has 0 N–H and O–H groups in total. The molecule has 3 aliphatic heterocycles. The van der Waals surface area contributed by atoms with Crippen molar-refractivity contribution in [1.82, 2.24) is 4.31 Å². The van der Waals surface area contributed by atoms with E-state index in [-0.39, 0.29) is 18.2 Å². The van der Waals surface area contributed by atoms with Crippen LogP contribution in [0.1, 0.15) is 38.3 Å². The summed E-state index contributed by atoms with van der Waals surface area (Å²) in [4.78, 5) is 0. The van der Waals surface area contributed by atoms with Gasteiger partial charge in [0, 0.05) is 12.1 Å². The van der Waals surface area contributed by atoms with Gasteiger partial charge in [-0.25, -0.2) is 8.42 Å². The fraction of sp³-hybridized carbons (Fsp3) is 0.529. The third-order valence-corrected chi connectivity index (χ3v) is 7.90. The summed E-state index contributed by atoms with van der Waals surface area (Å²) in [6, 6.07) is 9.63. The Morgan fingerprint density at radius 2 is 2.05 bits per heavy atom. The SMILES string of the molecule is C[C@H]1C[C@@]23C=C[C@@H](C[C@@H]2S(=O)(=O)N1[C@@H](C)c1ccccc1)O3. The van der Waals surface area contributed by atoms with Crippen molar-refractivity contribution in [2.45, 2.75) is 55.7 Å². The van der Waals surface area contributed by atoms with E-state index in [1.165, 1.54) is 0 Å². The van der Waals surface area contributed by atoms with E-state index in [2.05, 4.69) is 0 Å². The lowest BCUT2D eigenvalue weighted by molar-refractivity contribution is 0.00412. The van der Waals surface area contributed by atoms with Crippen molar-refractivity contribution >= 4 is 10.0 Å². The van der Waals surface area contributed by atoms with Gasteiger partial charge in [-0.05, 0) is 32.3 Å². The number of rotatable bonds is 2. The molecular weight excluding hydrogens is 298 g/mol. The van der Waals surface area contributed by atoms with Gasteiger partial charge in [0.25, 0.3) is 0 Å². The van der Waals surface area contributed by atoms with Gasteiger partial charge >= 0.3 is 0 Å². The molecule has 4 nitrogen and oxygen atoms in total. The lowest BCUT2D eigenvalue weighted by atomic mass is 9.87. The predicted molar refractivity (Wildman–Crippen MR) is 84.8 cm³/mol. The summed E-state index contributed by atoms with van der Waals surface area (Å²) >= 11 is 0. The predicted octanol–water partition coefficient (Wildman–Crippen LogP) is 2.64. The van der Waals surface area contributed by atoms with Crippen LogP contribution in [0.4, 0.5) is 0 Å². The zero-order valence-electron chi connectivity index (χ0n) is 12.8. The third kappa shape index (κ3) is 1.85. The fourth-order valence-corrected chi connectivity index (χ4v) is 7.00. The molecule has 5 atom stereocenters. The molecule has 2 bridgehead atoms. The van der Waals surface area contributed by atoms with Gasteiger partial charge in [0.2, 0.25) is 10.0 Å². The van der Waals surface area contributed by atoms with Crippen molar-refractivity contribution in [3.8, 4) is 0 Å². The molecule has 0 amide bonds. The Morgan fingerprint density at radius 1 is 1.32 bits per heavy atom. The van der Waals surface area contributed by atoms with Crippen LogP contribution in [-0.2, 0) is 14.8 Å². The standard InChI is InChI=1S/C17H21NO3S/c1-12-11-17-9-8-15(21-17)10-16(17)22(19,20)18(12)13(2)14-6-4-3-5-7-14/h3-9,12-13,15-16H,10-11H2,1-2H3/t12-,13-,15-,16-,17-/m0/s1. The molecule has 2 fully saturated rings. The Labute approximate surface area is 131 Å². The van der Waals surface area contributed by atoms with Crippen LogP contribution in [0.3, 0.4) is 0 Å². The Balaban J connectivity index is 1.74. The van der Waals surface area contributed by atoms with Crippen molar-refractivity contribution in [3.05, 3.63) is 48.0 Å². The summed E-state index contributed by atoms with van der Waals surface area (Å²) in [7, 11) is -3.38. The van der Waals surface area contributed by atoms with Gasteiger partial charge in [-0.1, -0.05) is 42.5 Å². The van der Waals surface area contributed by atoms with Gasteiger partial charge in [0.1, 0.15) is 10.9 Å². The molecule has 4 rings (SSSR count). The molecule has 0 aliphatic carbocycles. The third-order valence-electron chi connectivity index (χ3n) is 5.32. The molecule has 0 saturated carbocycles. The van der Waals surface area contributed by atoms with Crippen LogP contribution in [0.5, 0.6) is 0 Å². The van der Waals surface area contributed by atoms with Crippen molar-refractivity contribution in [3.63, 3.8) is 0 Å². The van der Waals surface area contributed by atoms with Crippen molar-refractivity contribution < 1.29 is 13.2 Å². The van der Waals surface area contributed by atoms with Crippen LogP contribution in [0.2, 0.25) is 0 Å². The highest BCUT2D eigenvalue weighted by Gasteiger charge is 2.62. The van der Waals surface area contributed by atoms with E-state index < -0.39 is 20.9 Å². The summed E-state index contributed by atoms with van der Waals surface area (Å²) < 4.78 is 34.1. The second-order valence-electron chi connectivity index (χ2n) is 6.71. The number of sulfonamides is 1. The minimum absolute atomic E-state index is 0.0287. The molecule has 1 aromatic carbocycles. The van der Waals surface area contributed by atoms with E-state index in [4.69, 9.17) is 4.74 Å². The highest BCUT2D eigenvalue weighted by molar-refractivity contribution is 7.89. The molecule has 5 heteroatoms. The normalized spacial score (nSPS) is 40.5. The second kappa shape index (κ2) is 4.66. The quantitative estimate of drug-likeness (QED) is 0.787. The molecule has 1 spiro atoms. The number of nitrogens with zero attached hydrogens (tertiary/aromatic N) is 1. The molecular formula is C17H21NO3S. The Bertz CT molecular complexity index is 715. The molecule has 0 aromatic heterocycles. The van der Waals surface area contributed by atoms with E-state index in [1.807, 2.05) is 56.3 Å². The van der Waals surface area contributed by atoms with E-state index in [0.717, 1.165) is 12.0 Å². The number of hydrogen-bond acceptors (Lipinski definition) is 3. The molecule has 0 radical (unpaired) electrons. The first-order valence-electron chi connectivity index (χ1n) is 7.88. The molecule has 3 aliphatic rings. The Kier molecular flexibility index (Phi) is 3.06. The zero-order valence-corrected chi connectivity index (χ0v) is 13.7. The zero-order chi connectivity index (χ0) is 15.5. The van der Waals surface area contributed by atoms with Gasteiger partial charge in [-0.15, -0.1) is 0 Å². The van der Waals surface area contributed by atoms with Gasteiger partial charge in [-0.3, -0.25) is 0 Å². The van der Waals surface area contributed by atoms with Crippen molar-refractivity contribution in [1.29, 1.82) is 0 Å². The minimum atomic E-state index is -3.38. The van der Waals surface area contributed by atoms with Crippen LogP contribution in [0.25, 0.3) is 0 Å². The van der Waals surface area contributed by atoms with Crippen LogP contribution in [0, 0.1) is 0 Å². The Morgan fingerprint density at radius 3 is 2.73 bits per heavy atom. The van der Waals surface area contributed by atoms with E-state index in [1.54, 1.807) is 4.31 Å². The monoisotopic (exact) mass is 319 g/mol. The summed E-state index contributed by atoms with van der Waals surface area (Å²) in [5.74, 6) is 0. The molecule has 22 heavy (non-hydrogen) atoms. The summed E-state index contributed by atoms with van der Waals surface area (Å²) in [5, 5.41) is -0.433. The first kappa shape index (κ1) is 14.4. The first-order chi connectivity index (χ1) is 10.4. The first-order valence-corrected chi connectivity index (χ1v) is 9.39. The van der Waals surface area contributed by atoms with E-state index in [9.17, 15) is 8.42 Å². The average molecular weight is 319 g/mol. The van der Waals surface area contributed by atoms with Gasteiger partial charge in [-0.2, -0.15) is 4.31 Å². The maximum absolute atomic E-state index is 13.2. The highest BCUT2D eigenvalue weighted by atomic mass is 32.2. The maximum atomic E-state index is 13.2. The number of hydrogen-bond donors (Lipinski definition) is 0. The second-order valence-corrected chi connectivity index (χ2v) is 8.73. The smallest absolute Gasteiger partial charge is 0.221 e. The number of fused-ring (bicyclic) bond motifs is 1. The average Bonchev–Trinajstić information content (AvgIpc) is 3.05. The topological polar surface area (TPSA) is 46.6 Å². The van der Waals surface area contributed by atoms with Gasteiger partial charge in [0.15, 0.2) is 0 Å². The Hall–Kier alpha value is -1.17. The number of benzene rings is 1. The summed E-state index contributed by atoms with van der Waals surface area (Å²) in [6.45, 7) is 3.97. The minimum Gasteiger partial charge on any atom is -0.362 e. The van der Waals surface area contributed by atoms with Crippen molar-refractivity contribution in [2.24, 2.45) is 0 Å². The molecule has 118 valence electrons. The molecule has 2 saturated heterocycles. The molecule has 3 heterocycles. The molecule has 0 unspecified atom stereocenters. The van der Waals surface area contributed by atoms with Gasteiger partial charge in [0.05, 0.1) is 6.10 Å². The lowest BCUT2D eigenvalue weighted by Gasteiger charge is -2.46. The maximum Gasteiger partial charge on any atom is 0.221 e. The molecule has 1 aromatic rings. The fourth-order valence-electron chi connectivity index (χ4n) is 4.40. The van der Waals surface area contributed by atoms with E-state index in [0.29, 0.717) is 6.42 Å². The summed E-state index contributed by atoms with van der Waals surface area (Å²) in [5.41, 5.74) is 0.448. The highest BCUT2D eigenvalue weighted by Crippen LogP contribution is 2.51. The van der Waals surface area contributed by atoms with Crippen LogP contribution in [-0.4, -0.2) is 35.7 Å². The number of ether oxygens (including phenoxy) is 1. The van der Waals surface area contributed by atoms with Crippen molar-refractivity contribution in [2.75, 3.05) is 0 Å². The van der Waals surface area contributed by atoms with Crippen LogP contribution in [0.15, 0.2) is 42.5 Å². The largest absolute Gasteiger partial charge is 0.362 e.